The normalized spacial score (nSPS) is 12.9. The number of benzene rings is 1. The van der Waals surface area contributed by atoms with Gasteiger partial charge in [0, 0.05) is 35.6 Å². The van der Waals surface area contributed by atoms with Crippen molar-refractivity contribution in [2.24, 2.45) is 5.92 Å². The minimum Gasteiger partial charge on any atom is -0.349 e. The van der Waals surface area contributed by atoms with Crippen molar-refractivity contribution >= 4 is 11.6 Å². The average Bonchev–Trinajstić information content (AvgIpc) is 2.88. The molecule has 114 valence electrons. The molecule has 0 aliphatic rings. The van der Waals surface area contributed by atoms with Gasteiger partial charge in [-0.1, -0.05) is 32.4 Å². The van der Waals surface area contributed by atoms with Crippen molar-refractivity contribution < 1.29 is 4.39 Å². The third-order valence-corrected chi connectivity index (χ3v) is 3.82. The molecule has 0 radical (unpaired) electrons. The summed E-state index contributed by atoms with van der Waals surface area (Å²) in [5, 5.41) is 4.05. The van der Waals surface area contributed by atoms with E-state index in [1.807, 2.05) is 10.8 Å². The number of rotatable bonds is 6. The first-order valence-electron chi connectivity index (χ1n) is 7.34. The number of halogens is 2. The molecule has 2 rings (SSSR count). The molecule has 2 nitrogen and oxygen atoms in total. The van der Waals surface area contributed by atoms with Gasteiger partial charge in [0.05, 0.1) is 0 Å². The fourth-order valence-corrected chi connectivity index (χ4v) is 2.76. The summed E-state index contributed by atoms with van der Waals surface area (Å²) in [4.78, 5) is 0. The average molecular weight is 309 g/mol. The summed E-state index contributed by atoms with van der Waals surface area (Å²) in [6, 6.07) is 7.08. The van der Waals surface area contributed by atoms with Crippen molar-refractivity contribution in [2.75, 3.05) is 6.54 Å². The molecule has 1 heterocycles. The van der Waals surface area contributed by atoms with Gasteiger partial charge in [-0.15, -0.1) is 0 Å². The first kappa shape index (κ1) is 16.1. The minimum atomic E-state index is -0.221. The highest BCUT2D eigenvalue weighted by molar-refractivity contribution is 6.30. The predicted molar refractivity (Wildman–Crippen MR) is 86.2 cm³/mol. The zero-order valence-corrected chi connectivity index (χ0v) is 13.5. The van der Waals surface area contributed by atoms with Crippen LogP contribution in [-0.2, 0) is 6.54 Å². The van der Waals surface area contributed by atoms with Crippen LogP contribution in [0.2, 0.25) is 5.02 Å². The summed E-state index contributed by atoms with van der Waals surface area (Å²) in [7, 11) is 0. The zero-order valence-electron chi connectivity index (χ0n) is 12.7. The second-order valence-corrected chi connectivity index (χ2v) is 6.07. The largest absolute Gasteiger partial charge is 0.349 e. The Morgan fingerprint density at radius 1 is 1.29 bits per heavy atom. The highest BCUT2D eigenvalue weighted by Crippen LogP contribution is 2.23. The Morgan fingerprint density at radius 2 is 2.05 bits per heavy atom. The standard InChI is InChI=1S/C17H22ClFN2/c1-4-20-17(12(2)3)13-7-8-21(10-13)11-14-9-15(18)5-6-16(14)19/h5-10,12,17,20H,4,11H2,1-3H3. The van der Waals surface area contributed by atoms with Crippen LogP contribution >= 0.6 is 11.6 Å². The molecule has 1 aromatic heterocycles. The van der Waals surface area contributed by atoms with Crippen LogP contribution < -0.4 is 5.32 Å². The van der Waals surface area contributed by atoms with E-state index in [0.29, 0.717) is 29.1 Å². The molecule has 0 saturated heterocycles. The summed E-state index contributed by atoms with van der Waals surface area (Å²) >= 11 is 5.94. The number of nitrogens with one attached hydrogen (secondary N) is 1. The Kier molecular flexibility index (Phi) is 5.43. The number of hydrogen-bond acceptors (Lipinski definition) is 1. The van der Waals surface area contributed by atoms with Gasteiger partial charge in [0.25, 0.3) is 0 Å². The van der Waals surface area contributed by atoms with Crippen LogP contribution in [-0.4, -0.2) is 11.1 Å². The molecule has 0 aliphatic heterocycles. The first-order valence-corrected chi connectivity index (χ1v) is 7.72. The van der Waals surface area contributed by atoms with E-state index in [-0.39, 0.29) is 5.82 Å². The molecule has 0 aliphatic carbocycles. The highest BCUT2D eigenvalue weighted by atomic mass is 35.5. The second kappa shape index (κ2) is 7.10. The molecule has 0 bridgehead atoms. The van der Waals surface area contributed by atoms with Crippen molar-refractivity contribution in [3.05, 3.63) is 58.6 Å². The topological polar surface area (TPSA) is 17.0 Å². The van der Waals surface area contributed by atoms with E-state index in [1.165, 1.54) is 11.6 Å². The van der Waals surface area contributed by atoms with E-state index in [1.54, 1.807) is 12.1 Å². The fourth-order valence-electron chi connectivity index (χ4n) is 2.56. The molecule has 2 aromatic rings. The van der Waals surface area contributed by atoms with Gasteiger partial charge in [-0.2, -0.15) is 0 Å². The maximum absolute atomic E-state index is 13.8. The summed E-state index contributed by atoms with van der Waals surface area (Å²) in [6.45, 7) is 7.91. The van der Waals surface area contributed by atoms with Crippen LogP contribution in [0.25, 0.3) is 0 Å². The van der Waals surface area contributed by atoms with E-state index in [9.17, 15) is 4.39 Å². The lowest BCUT2D eigenvalue weighted by atomic mass is 9.98. The predicted octanol–water partition coefficient (Wildman–Crippen LogP) is 4.64. The molecule has 0 saturated carbocycles. The molecular formula is C17H22ClFN2. The van der Waals surface area contributed by atoms with Gasteiger partial charge in [0.1, 0.15) is 5.82 Å². The monoisotopic (exact) mass is 308 g/mol. The van der Waals surface area contributed by atoms with Crippen molar-refractivity contribution in [3.63, 3.8) is 0 Å². The van der Waals surface area contributed by atoms with Gasteiger partial charge >= 0.3 is 0 Å². The molecule has 1 N–H and O–H groups in total. The molecule has 21 heavy (non-hydrogen) atoms. The van der Waals surface area contributed by atoms with Crippen molar-refractivity contribution in [1.29, 1.82) is 0 Å². The summed E-state index contributed by atoms with van der Waals surface area (Å²) < 4.78 is 15.8. The van der Waals surface area contributed by atoms with Gasteiger partial charge < -0.3 is 9.88 Å². The zero-order chi connectivity index (χ0) is 15.4. The van der Waals surface area contributed by atoms with Crippen molar-refractivity contribution in [1.82, 2.24) is 9.88 Å². The second-order valence-electron chi connectivity index (χ2n) is 5.63. The molecule has 4 heteroatoms. The van der Waals surface area contributed by atoms with Gasteiger partial charge in [-0.25, -0.2) is 4.39 Å². The molecular weight excluding hydrogens is 287 g/mol. The number of hydrogen-bond donors (Lipinski definition) is 1. The van der Waals surface area contributed by atoms with Crippen molar-refractivity contribution in [3.8, 4) is 0 Å². The SMILES string of the molecule is CCNC(c1ccn(Cc2cc(Cl)ccc2F)c1)C(C)C. The summed E-state index contributed by atoms with van der Waals surface area (Å²) in [5.74, 6) is 0.283. The van der Waals surface area contributed by atoms with Gasteiger partial charge in [-0.3, -0.25) is 0 Å². The van der Waals surface area contributed by atoms with Crippen LogP contribution in [0.15, 0.2) is 36.7 Å². The van der Waals surface area contributed by atoms with E-state index >= 15 is 0 Å². The van der Waals surface area contributed by atoms with Crippen LogP contribution in [0.4, 0.5) is 4.39 Å². The third-order valence-electron chi connectivity index (χ3n) is 3.58. The number of nitrogens with zero attached hydrogens (tertiary/aromatic N) is 1. The Balaban J connectivity index is 2.17. The van der Waals surface area contributed by atoms with E-state index in [2.05, 4.69) is 38.4 Å². The molecule has 1 unspecified atom stereocenters. The Morgan fingerprint density at radius 3 is 2.71 bits per heavy atom. The van der Waals surface area contributed by atoms with Crippen LogP contribution in [0.5, 0.6) is 0 Å². The third kappa shape index (κ3) is 4.08. The summed E-state index contributed by atoms with van der Waals surface area (Å²) in [5.41, 5.74) is 1.84. The van der Waals surface area contributed by atoms with Gasteiger partial charge in [0.15, 0.2) is 0 Å². The summed E-state index contributed by atoms with van der Waals surface area (Å²) in [6.07, 6.45) is 4.07. The minimum absolute atomic E-state index is 0.221. The molecule has 0 amide bonds. The first-order chi connectivity index (χ1) is 10.0. The van der Waals surface area contributed by atoms with E-state index in [4.69, 9.17) is 11.6 Å². The molecule has 0 spiro atoms. The van der Waals surface area contributed by atoms with E-state index < -0.39 is 0 Å². The highest BCUT2D eigenvalue weighted by Gasteiger charge is 2.15. The maximum Gasteiger partial charge on any atom is 0.128 e. The lowest BCUT2D eigenvalue weighted by Gasteiger charge is -2.20. The Labute approximate surface area is 130 Å². The lowest BCUT2D eigenvalue weighted by molar-refractivity contribution is 0.421. The molecule has 0 fully saturated rings. The van der Waals surface area contributed by atoms with Gasteiger partial charge in [0.2, 0.25) is 0 Å². The smallest absolute Gasteiger partial charge is 0.128 e. The lowest BCUT2D eigenvalue weighted by Crippen LogP contribution is -2.25. The molecule has 1 aromatic carbocycles. The Bertz CT molecular complexity index is 592. The fraction of sp³-hybridized carbons (Fsp3) is 0.412. The van der Waals surface area contributed by atoms with Gasteiger partial charge in [-0.05, 0) is 42.3 Å². The van der Waals surface area contributed by atoms with Crippen molar-refractivity contribution in [2.45, 2.75) is 33.4 Å². The molecule has 1 atom stereocenters. The van der Waals surface area contributed by atoms with Crippen LogP contribution in [0.3, 0.4) is 0 Å². The number of aromatic nitrogens is 1. The van der Waals surface area contributed by atoms with Crippen LogP contribution in [0.1, 0.15) is 37.9 Å². The van der Waals surface area contributed by atoms with Crippen LogP contribution in [0, 0.1) is 11.7 Å². The maximum atomic E-state index is 13.8. The Hall–Kier alpha value is -1.32. The van der Waals surface area contributed by atoms with E-state index in [0.717, 1.165) is 6.54 Å². The quantitative estimate of drug-likeness (QED) is 0.823.